The molecule has 0 unspecified atom stereocenters. The van der Waals surface area contributed by atoms with Crippen molar-refractivity contribution in [1.29, 1.82) is 0 Å². The van der Waals surface area contributed by atoms with Crippen molar-refractivity contribution in [2.24, 2.45) is 0 Å². The Hall–Kier alpha value is -3.62. The van der Waals surface area contributed by atoms with Gasteiger partial charge in [-0.15, -0.1) is 0 Å². The summed E-state index contributed by atoms with van der Waals surface area (Å²) < 4.78 is 21.8. The molecule has 0 bridgehead atoms. The van der Waals surface area contributed by atoms with Crippen molar-refractivity contribution in [3.8, 4) is 17.0 Å². The van der Waals surface area contributed by atoms with Crippen molar-refractivity contribution < 1.29 is 13.9 Å². The highest BCUT2D eigenvalue weighted by molar-refractivity contribution is 5.75. The Morgan fingerprint density at radius 2 is 2.06 bits per heavy atom. The highest BCUT2D eigenvalue weighted by Gasteiger charge is 2.47. The average molecular weight is 477 g/mol. The molecule has 2 fully saturated rings. The number of aryl methyl sites for hydroxylation is 1. The van der Waals surface area contributed by atoms with E-state index >= 15 is 0 Å². The van der Waals surface area contributed by atoms with Crippen molar-refractivity contribution in [3.63, 3.8) is 0 Å². The third kappa shape index (κ3) is 3.98. The molecular weight excluding hydrogens is 447 g/mol. The summed E-state index contributed by atoms with van der Waals surface area (Å²) >= 11 is 0. The van der Waals surface area contributed by atoms with Crippen LogP contribution >= 0.6 is 0 Å². The second-order valence-corrected chi connectivity index (χ2v) is 9.90. The van der Waals surface area contributed by atoms with Crippen molar-refractivity contribution >= 4 is 11.8 Å². The van der Waals surface area contributed by atoms with Gasteiger partial charge >= 0.3 is 6.03 Å². The average Bonchev–Trinajstić information content (AvgIpc) is 3.53. The maximum atomic E-state index is 14.0. The molecule has 0 radical (unpaired) electrons. The summed E-state index contributed by atoms with van der Waals surface area (Å²) in [6, 6.07) is 10.8. The molecule has 1 saturated heterocycles. The molecule has 6 rings (SSSR count). The first kappa shape index (κ1) is 21.9. The normalized spacial score (nSPS) is 21.2. The van der Waals surface area contributed by atoms with Crippen LogP contribution < -0.4 is 15.8 Å². The Morgan fingerprint density at radius 1 is 1.23 bits per heavy atom. The monoisotopic (exact) mass is 476 g/mol. The van der Waals surface area contributed by atoms with E-state index in [1.54, 1.807) is 30.5 Å². The number of nitrogen functional groups attached to an aromatic ring is 1. The Balaban J connectivity index is 1.19. The molecule has 1 aromatic carbocycles. The number of nitrogens with zero attached hydrogens (tertiary/aromatic N) is 4. The summed E-state index contributed by atoms with van der Waals surface area (Å²) in [5.41, 5.74) is 9.16. The van der Waals surface area contributed by atoms with Crippen LogP contribution in [0.4, 0.5) is 15.0 Å². The lowest BCUT2D eigenvalue weighted by molar-refractivity contribution is 0.193. The molecule has 1 atom stereocenters. The number of anilines is 1. The standard InChI is InChI=1S/C26H29FN6O2/c27-20-7-2-1-4-17(20)15-35-22-12-18(14-29-24(22)28)21-13-23-26(9-11-33(23)31-21)8-10-32(16-26)25(34)30-19-5-3-6-19/h1-2,4,7,12-14,19H,3,5-6,8-11,15-16H2,(H2,28,29)(H,30,34)/t26-/m1/s1. The second kappa shape index (κ2) is 8.55. The van der Waals surface area contributed by atoms with Crippen molar-refractivity contribution in [2.45, 2.75) is 56.7 Å². The van der Waals surface area contributed by atoms with Crippen LogP contribution in [0, 0.1) is 5.82 Å². The van der Waals surface area contributed by atoms with E-state index in [2.05, 4.69) is 21.0 Å². The van der Waals surface area contributed by atoms with Gasteiger partial charge in [0.2, 0.25) is 0 Å². The molecule has 8 nitrogen and oxygen atoms in total. The van der Waals surface area contributed by atoms with Gasteiger partial charge in [-0.1, -0.05) is 18.2 Å². The highest BCUT2D eigenvalue weighted by Crippen LogP contribution is 2.44. The number of carbonyl (C=O) groups excluding carboxylic acids is 1. The molecule has 1 saturated carbocycles. The van der Waals surface area contributed by atoms with Crippen LogP contribution in [-0.4, -0.2) is 44.8 Å². The SMILES string of the molecule is Nc1ncc(-c2cc3n(n2)CC[C@@]32CCN(C(=O)NC3CCC3)C2)cc1OCc1ccccc1F. The van der Waals surface area contributed by atoms with Crippen LogP contribution in [0.5, 0.6) is 5.75 Å². The number of pyridine rings is 1. The number of hydrogen-bond donors (Lipinski definition) is 2. The van der Waals surface area contributed by atoms with E-state index in [-0.39, 0.29) is 29.7 Å². The van der Waals surface area contributed by atoms with Crippen LogP contribution in [0.1, 0.15) is 43.4 Å². The first-order valence-corrected chi connectivity index (χ1v) is 12.3. The zero-order chi connectivity index (χ0) is 24.0. The highest BCUT2D eigenvalue weighted by atomic mass is 19.1. The van der Waals surface area contributed by atoms with E-state index in [1.807, 2.05) is 4.90 Å². The first-order chi connectivity index (χ1) is 17.0. The minimum absolute atomic E-state index is 0.0591. The van der Waals surface area contributed by atoms with Gasteiger partial charge in [0, 0.05) is 54.1 Å². The zero-order valence-corrected chi connectivity index (χ0v) is 19.5. The number of carbonyl (C=O) groups is 1. The minimum atomic E-state index is -0.321. The number of nitrogens with two attached hydrogens (primary N) is 1. The fraction of sp³-hybridized carbons (Fsp3) is 0.423. The number of nitrogens with one attached hydrogen (secondary N) is 1. The molecule has 35 heavy (non-hydrogen) atoms. The van der Waals surface area contributed by atoms with Crippen molar-refractivity contribution in [1.82, 2.24) is 25.0 Å². The molecule has 2 amide bonds. The zero-order valence-electron chi connectivity index (χ0n) is 19.5. The molecule has 2 aliphatic heterocycles. The van der Waals surface area contributed by atoms with Gasteiger partial charge < -0.3 is 20.7 Å². The summed E-state index contributed by atoms with van der Waals surface area (Å²) in [5, 5.41) is 7.99. The van der Waals surface area contributed by atoms with E-state index in [4.69, 9.17) is 15.6 Å². The van der Waals surface area contributed by atoms with Gasteiger partial charge in [0.05, 0.1) is 5.69 Å². The van der Waals surface area contributed by atoms with Crippen LogP contribution in [0.15, 0.2) is 42.6 Å². The second-order valence-electron chi connectivity index (χ2n) is 9.90. The van der Waals surface area contributed by atoms with Crippen LogP contribution in [0.25, 0.3) is 11.3 Å². The Kier molecular flexibility index (Phi) is 5.35. The van der Waals surface area contributed by atoms with E-state index in [9.17, 15) is 9.18 Å². The summed E-state index contributed by atoms with van der Waals surface area (Å²) in [6.07, 6.45) is 6.98. The van der Waals surface area contributed by atoms with E-state index in [0.29, 0.717) is 23.9 Å². The molecule has 3 aliphatic rings. The van der Waals surface area contributed by atoms with Crippen LogP contribution in [0.2, 0.25) is 0 Å². The van der Waals surface area contributed by atoms with Gasteiger partial charge in [0.1, 0.15) is 12.4 Å². The number of rotatable bonds is 5. The molecule has 3 aromatic rings. The molecule has 1 aliphatic carbocycles. The minimum Gasteiger partial charge on any atom is -0.485 e. The molecular formula is C26H29FN6O2. The summed E-state index contributed by atoms with van der Waals surface area (Å²) in [4.78, 5) is 19.0. The quantitative estimate of drug-likeness (QED) is 0.583. The fourth-order valence-corrected chi connectivity index (χ4v) is 5.36. The maximum Gasteiger partial charge on any atom is 0.317 e. The molecule has 182 valence electrons. The Morgan fingerprint density at radius 3 is 2.86 bits per heavy atom. The Bertz CT molecular complexity index is 1270. The van der Waals surface area contributed by atoms with Gasteiger partial charge in [-0.25, -0.2) is 14.2 Å². The number of likely N-dealkylation sites (tertiary alicyclic amines) is 1. The lowest BCUT2D eigenvalue weighted by atomic mass is 9.82. The summed E-state index contributed by atoms with van der Waals surface area (Å²) in [5.74, 6) is 0.323. The number of aromatic nitrogens is 3. The van der Waals surface area contributed by atoms with Crippen LogP contribution in [0.3, 0.4) is 0 Å². The number of urea groups is 1. The Labute approximate surface area is 203 Å². The smallest absolute Gasteiger partial charge is 0.317 e. The fourth-order valence-electron chi connectivity index (χ4n) is 5.36. The number of halogens is 1. The molecule has 1 spiro atoms. The number of ether oxygens (including phenoxy) is 1. The molecule has 2 aromatic heterocycles. The topological polar surface area (TPSA) is 98.3 Å². The van der Waals surface area contributed by atoms with E-state index in [1.165, 1.54) is 12.5 Å². The summed E-state index contributed by atoms with van der Waals surface area (Å²) in [7, 11) is 0. The number of hydrogen-bond acceptors (Lipinski definition) is 5. The van der Waals surface area contributed by atoms with Crippen LogP contribution in [-0.2, 0) is 18.6 Å². The van der Waals surface area contributed by atoms with Gasteiger partial charge in [-0.2, -0.15) is 5.10 Å². The molecule has 9 heteroatoms. The lowest BCUT2D eigenvalue weighted by Gasteiger charge is -2.30. The van der Waals surface area contributed by atoms with Gasteiger partial charge in [-0.3, -0.25) is 4.68 Å². The third-order valence-corrected chi connectivity index (χ3v) is 7.72. The maximum absolute atomic E-state index is 14.0. The molecule has 4 heterocycles. The largest absolute Gasteiger partial charge is 0.485 e. The molecule has 3 N–H and O–H groups in total. The van der Waals surface area contributed by atoms with Gasteiger partial charge in [0.15, 0.2) is 11.6 Å². The predicted molar refractivity (Wildman–Crippen MR) is 129 cm³/mol. The number of fused-ring (bicyclic) bond motifs is 2. The third-order valence-electron chi connectivity index (χ3n) is 7.72. The van der Waals surface area contributed by atoms with Crippen molar-refractivity contribution in [3.05, 3.63) is 59.7 Å². The van der Waals surface area contributed by atoms with Crippen molar-refractivity contribution in [2.75, 3.05) is 18.8 Å². The van der Waals surface area contributed by atoms with E-state index in [0.717, 1.165) is 55.7 Å². The number of benzene rings is 1. The van der Waals surface area contributed by atoms with Gasteiger partial charge in [-0.05, 0) is 50.3 Å². The van der Waals surface area contributed by atoms with Gasteiger partial charge in [0.25, 0.3) is 0 Å². The lowest BCUT2D eigenvalue weighted by Crippen LogP contribution is -2.47. The number of amides is 2. The first-order valence-electron chi connectivity index (χ1n) is 12.3. The van der Waals surface area contributed by atoms with E-state index < -0.39 is 0 Å². The summed E-state index contributed by atoms with van der Waals surface area (Å²) in [6.45, 7) is 2.36. The predicted octanol–water partition coefficient (Wildman–Crippen LogP) is 3.85.